The van der Waals surface area contributed by atoms with E-state index in [1.165, 1.54) is 6.08 Å². The van der Waals surface area contributed by atoms with E-state index in [0.717, 1.165) is 37.7 Å². The highest BCUT2D eigenvalue weighted by molar-refractivity contribution is 7.62. The van der Waals surface area contributed by atoms with Gasteiger partial charge in [0.05, 0.1) is 6.61 Å². The number of carbonyl (C=O) groups excluding carboxylic acids is 1. The number of primary amides is 1. The Morgan fingerprint density at radius 2 is 2.26 bits per heavy atom. The summed E-state index contributed by atoms with van der Waals surface area (Å²) in [6.45, 7) is 2.11. The fraction of sp³-hybridized carbons (Fsp3) is 0.615. The maximum atomic E-state index is 12.5. The Morgan fingerprint density at radius 1 is 1.58 bits per heavy atom. The molecule has 1 aliphatic heterocycles. The van der Waals surface area contributed by atoms with Gasteiger partial charge >= 0.3 is 0 Å². The smallest absolute Gasteiger partial charge is 0.265 e. The van der Waals surface area contributed by atoms with Crippen LogP contribution in [0.4, 0.5) is 0 Å². The summed E-state index contributed by atoms with van der Waals surface area (Å²) < 4.78 is 11.1. The average molecular weight is 285 g/mol. The minimum atomic E-state index is -3.19. The Labute approximate surface area is 114 Å². The Morgan fingerprint density at radius 3 is 2.84 bits per heavy atom. The summed E-state index contributed by atoms with van der Waals surface area (Å²) in [4.78, 5) is 23.4. The van der Waals surface area contributed by atoms with E-state index in [-0.39, 0.29) is 0 Å². The Bertz CT molecular complexity index is 415. The summed E-state index contributed by atoms with van der Waals surface area (Å²) in [5.41, 5.74) is 5.33. The van der Waals surface area contributed by atoms with Crippen molar-refractivity contribution in [3.8, 4) is 0 Å². The van der Waals surface area contributed by atoms with E-state index in [9.17, 15) is 9.69 Å². The summed E-state index contributed by atoms with van der Waals surface area (Å²) in [6.07, 6.45) is 7.70. The van der Waals surface area contributed by atoms with Crippen molar-refractivity contribution in [3.63, 3.8) is 0 Å². The second kappa shape index (κ2) is 5.71. The Kier molecular flexibility index (Phi) is 4.41. The third-order valence-corrected chi connectivity index (χ3v) is 5.34. The van der Waals surface area contributed by atoms with Crippen LogP contribution in [0.3, 0.4) is 0 Å². The van der Waals surface area contributed by atoms with E-state index in [4.69, 9.17) is 14.8 Å². The minimum Gasteiger partial charge on any atom is -0.627 e. The van der Waals surface area contributed by atoms with Gasteiger partial charge in [0.15, 0.2) is 0 Å². The van der Waals surface area contributed by atoms with Gasteiger partial charge in [-0.25, -0.2) is 4.52 Å². The van der Waals surface area contributed by atoms with Crippen LogP contribution in [0, 0.1) is 0 Å². The highest BCUT2D eigenvalue weighted by Gasteiger charge is 2.52. The van der Waals surface area contributed by atoms with Gasteiger partial charge in [-0.3, -0.25) is 4.79 Å². The van der Waals surface area contributed by atoms with Gasteiger partial charge in [0.2, 0.25) is 5.91 Å². The lowest BCUT2D eigenvalue weighted by Gasteiger charge is -2.34. The lowest BCUT2D eigenvalue weighted by molar-refractivity contribution is -0.221. The summed E-state index contributed by atoms with van der Waals surface area (Å²) >= 11 is 0. The number of rotatable bonds is 4. The van der Waals surface area contributed by atoms with Crippen LogP contribution in [0.2, 0.25) is 0 Å². The summed E-state index contributed by atoms with van der Waals surface area (Å²) in [5, 5.41) is 0. The zero-order valence-corrected chi connectivity index (χ0v) is 12.0. The highest BCUT2D eigenvalue weighted by atomic mass is 31.2. The molecule has 0 radical (unpaired) electrons. The van der Waals surface area contributed by atoms with Crippen LogP contribution in [-0.2, 0) is 13.8 Å². The van der Waals surface area contributed by atoms with Gasteiger partial charge in [0.1, 0.15) is 11.4 Å². The molecule has 0 aromatic heterocycles. The number of nitrogens with two attached hydrogens (primary N) is 1. The molecule has 5 nitrogen and oxygen atoms in total. The second-order valence-corrected chi connectivity index (χ2v) is 6.70. The van der Waals surface area contributed by atoms with Gasteiger partial charge in [0, 0.05) is 11.6 Å². The second-order valence-electron chi connectivity index (χ2n) is 4.92. The molecule has 0 saturated heterocycles. The zero-order chi connectivity index (χ0) is 13.9. The molecule has 1 atom stereocenters. The maximum absolute atomic E-state index is 12.5. The van der Waals surface area contributed by atoms with E-state index in [2.05, 4.69) is 0 Å². The van der Waals surface area contributed by atoms with E-state index in [1.54, 1.807) is 18.8 Å². The summed E-state index contributed by atoms with van der Waals surface area (Å²) in [5.74, 6) is 1.02. The molecule has 19 heavy (non-hydrogen) atoms. The molecule has 1 unspecified atom stereocenters. The van der Waals surface area contributed by atoms with Crippen LogP contribution in [0.15, 0.2) is 23.5 Å². The van der Waals surface area contributed by atoms with Gasteiger partial charge in [-0.05, 0) is 25.8 Å². The molecule has 1 heterocycles. The predicted octanol–water partition coefficient (Wildman–Crippen LogP) is 1.80. The van der Waals surface area contributed by atoms with Crippen LogP contribution in [0.5, 0.6) is 0 Å². The van der Waals surface area contributed by atoms with Crippen molar-refractivity contribution >= 4 is 13.9 Å². The minimum absolute atomic E-state index is 0.330. The van der Waals surface area contributed by atoms with Crippen LogP contribution < -0.4 is 10.6 Å². The molecule has 1 amide bonds. The molecule has 1 spiro atoms. The first-order chi connectivity index (χ1) is 9.00. The first-order valence-electron chi connectivity index (χ1n) is 6.66. The Balaban J connectivity index is 2.27. The maximum Gasteiger partial charge on any atom is 0.265 e. The van der Waals surface area contributed by atoms with Crippen molar-refractivity contribution in [2.24, 2.45) is 5.73 Å². The summed E-state index contributed by atoms with van der Waals surface area (Å²) in [7, 11) is -3.19. The molecule has 0 aromatic rings. The first-order valence-corrected chi connectivity index (χ1v) is 8.27. The van der Waals surface area contributed by atoms with Crippen LogP contribution >= 0.6 is 7.94 Å². The van der Waals surface area contributed by atoms with Crippen LogP contribution in [0.1, 0.15) is 39.0 Å². The highest BCUT2D eigenvalue weighted by Crippen LogP contribution is 2.66. The Hall–Kier alpha value is -0.740. The third-order valence-electron chi connectivity index (χ3n) is 3.52. The average Bonchev–Trinajstić information content (AvgIpc) is 2.60. The van der Waals surface area contributed by atoms with Gasteiger partial charge in [0.25, 0.3) is 7.94 Å². The molecule has 0 aromatic carbocycles. The van der Waals surface area contributed by atoms with Crippen molar-refractivity contribution in [1.29, 1.82) is 0 Å². The molecule has 106 valence electrons. The molecule has 1 aliphatic carbocycles. The molecule has 2 aliphatic rings. The van der Waals surface area contributed by atoms with Crippen molar-refractivity contribution in [2.75, 3.05) is 6.61 Å². The largest absolute Gasteiger partial charge is 0.627 e. The first kappa shape index (κ1) is 14.7. The molecular formula is C13H20NO4P. The zero-order valence-electron chi connectivity index (χ0n) is 11.1. The summed E-state index contributed by atoms with van der Waals surface area (Å²) in [6, 6.07) is 0. The van der Waals surface area contributed by atoms with Crippen molar-refractivity contribution in [2.45, 2.75) is 44.6 Å². The lowest BCUT2D eigenvalue weighted by atomic mass is 9.80. The standard InChI is InChI=1S/C13H20NO4P/c1-2-17-19(16)10-11(6-7-12(14)15)13(18-19)8-4-3-5-9-13/h6-7,10H,2-5,8-9H2,1H3,(H2,14,15)/b7-6+. The number of amides is 1. The molecule has 6 heteroatoms. The van der Waals surface area contributed by atoms with Crippen molar-refractivity contribution < 1.29 is 18.7 Å². The van der Waals surface area contributed by atoms with E-state index < -0.39 is 19.5 Å². The van der Waals surface area contributed by atoms with Crippen molar-refractivity contribution in [1.82, 2.24) is 0 Å². The molecule has 2 rings (SSSR count). The number of hydrogen-bond donors (Lipinski definition) is 1. The van der Waals surface area contributed by atoms with Crippen LogP contribution in [-0.4, -0.2) is 18.1 Å². The van der Waals surface area contributed by atoms with Gasteiger partial charge in [-0.15, -0.1) is 0 Å². The molecule has 2 N–H and O–H groups in total. The molecular weight excluding hydrogens is 265 g/mol. The van der Waals surface area contributed by atoms with Gasteiger partial charge < -0.3 is 10.6 Å². The van der Waals surface area contributed by atoms with E-state index in [1.807, 2.05) is 0 Å². The van der Waals surface area contributed by atoms with E-state index in [0.29, 0.717) is 6.61 Å². The number of carbonyl (C=O) groups is 1. The third kappa shape index (κ3) is 3.23. The molecule has 0 bridgehead atoms. The van der Waals surface area contributed by atoms with E-state index >= 15 is 0 Å². The van der Waals surface area contributed by atoms with Gasteiger partial charge in [-0.2, -0.15) is 4.52 Å². The monoisotopic (exact) mass is 285 g/mol. The fourth-order valence-corrected chi connectivity index (χ4v) is 4.70. The molecule has 1 fully saturated rings. The van der Waals surface area contributed by atoms with Crippen molar-refractivity contribution in [3.05, 3.63) is 23.5 Å². The quantitative estimate of drug-likeness (QED) is 0.630. The van der Waals surface area contributed by atoms with Gasteiger partial charge in [-0.1, -0.05) is 19.3 Å². The molecule has 1 saturated carbocycles. The predicted molar refractivity (Wildman–Crippen MR) is 71.9 cm³/mol. The fourth-order valence-electron chi connectivity index (χ4n) is 2.72. The number of hydrogen-bond acceptors (Lipinski definition) is 4. The SMILES string of the molecule is CCO[P+]1([O-])C=C(/C=C/C(N)=O)C2(CCCCC2)O1. The van der Waals surface area contributed by atoms with Crippen LogP contribution in [0.25, 0.3) is 0 Å². The lowest BCUT2D eigenvalue weighted by Crippen LogP contribution is -2.34. The normalized spacial score (nSPS) is 29.9. The topological polar surface area (TPSA) is 84.6 Å².